The lowest BCUT2D eigenvalue weighted by Gasteiger charge is -2.35. The first-order valence-corrected chi connectivity index (χ1v) is 13.1. The van der Waals surface area contributed by atoms with Gasteiger partial charge in [-0.3, -0.25) is 4.79 Å². The molecule has 2 aliphatic rings. The van der Waals surface area contributed by atoms with Crippen molar-refractivity contribution < 1.29 is 13.2 Å². The molecular weight excluding hydrogens is 412 g/mol. The standard InChI is InChI=1S/C23H38N4O3S/c1-6-26(17(2)3)22-21(15-14-18(4)24-22)31(29,30)27-16-10-13-20(27)23(28)25(5)19-11-8-7-9-12-19/h14-15,17,19-20H,6-13,16H2,1-5H3/t20-/m0/s1. The zero-order chi connectivity index (χ0) is 22.8. The quantitative estimate of drug-likeness (QED) is 0.635. The number of sulfonamides is 1. The molecule has 1 saturated carbocycles. The second-order valence-electron chi connectivity index (χ2n) is 9.17. The predicted octanol–water partition coefficient (Wildman–Crippen LogP) is 3.57. The predicted molar refractivity (Wildman–Crippen MR) is 124 cm³/mol. The molecule has 1 atom stereocenters. The summed E-state index contributed by atoms with van der Waals surface area (Å²) >= 11 is 0. The number of pyridine rings is 1. The summed E-state index contributed by atoms with van der Waals surface area (Å²) in [7, 11) is -2.01. The smallest absolute Gasteiger partial charge is 0.247 e. The van der Waals surface area contributed by atoms with Crippen LogP contribution in [0.15, 0.2) is 17.0 Å². The van der Waals surface area contributed by atoms with Gasteiger partial charge in [0.2, 0.25) is 15.9 Å². The highest BCUT2D eigenvalue weighted by molar-refractivity contribution is 7.89. The monoisotopic (exact) mass is 450 g/mol. The molecule has 0 spiro atoms. The number of carbonyl (C=O) groups is 1. The zero-order valence-corrected chi connectivity index (χ0v) is 20.5. The van der Waals surface area contributed by atoms with Gasteiger partial charge in [-0.2, -0.15) is 4.31 Å². The number of amides is 1. The van der Waals surface area contributed by atoms with E-state index in [1.54, 1.807) is 12.1 Å². The van der Waals surface area contributed by atoms with E-state index in [9.17, 15) is 13.2 Å². The van der Waals surface area contributed by atoms with Crippen LogP contribution < -0.4 is 4.90 Å². The summed E-state index contributed by atoms with van der Waals surface area (Å²) in [6.07, 6.45) is 6.78. The first-order valence-electron chi connectivity index (χ1n) is 11.7. The first kappa shape index (κ1) is 24.0. The SMILES string of the molecule is CCN(c1nc(C)ccc1S(=O)(=O)N1CCC[C@H]1C(=O)N(C)C1CCCCC1)C(C)C. The summed E-state index contributed by atoms with van der Waals surface area (Å²) in [5.74, 6) is 0.419. The molecule has 1 saturated heterocycles. The number of likely N-dealkylation sites (N-methyl/N-ethyl adjacent to an activating group) is 1. The minimum atomic E-state index is -3.85. The normalized spacial score (nSPS) is 20.9. The number of nitrogens with zero attached hydrogens (tertiary/aromatic N) is 4. The highest BCUT2D eigenvalue weighted by Gasteiger charge is 2.43. The second-order valence-corrected chi connectivity index (χ2v) is 11.0. The van der Waals surface area contributed by atoms with Crippen LogP contribution in [0.4, 0.5) is 5.82 Å². The van der Waals surface area contributed by atoms with Gasteiger partial charge in [0.25, 0.3) is 0 Å². The number of anilines is 1. The van der Waals surface area contributed by atoms with Crippen molar-refractivity contribution in [3.8, 4) is 0 Å². The van der Waals surface area contributed by atoms with Gasteiger partial charge in [0, 0.05) is 37.9 Å². The maximum atomic E-state index is 13.8. The molecule has 1 aromatic rings. The molecule has 8 heteroatoms. The minimum Gasteiger partial charge on any atom is -0.353 e. The topological polar surface area (TPSA) is 73.8 Å². The van der Waals surface area contributed by atoms with Crippen LogP contribution in [0.2, 0.25) is 0 Å². The zero-order valence-electron chi connectivity index (χ0n) is 19.7. The Bertz CT molecular complexity index is 881. The molecular formula is C23H38N4O3S. The molecule has 2 fully saturated rings. The number of hydrogen-bond acceptors (Lipinski definition) is 5. The Labute approximate surface area is 187 Å². The van der Waals surface area contributed by atoms with Crippen molar-refractivity contribution in [1.82, 2.24) is 14.2 Å². The van der Waals surface area contributed by atoms with Gasteiger partial charge in [0.15, 0.2) is 0 Å². The van der Waals surface area contributed by atoms with E-state index in [0.717, 1.165) is 31.4 Å². The van der Waals surface area contributed by atoms with E-state index in [2.05, 4.69) is 4.98 Å². The van der Waals surface area contributed by atoms with E-state index >= 15 is 0 Å². The number of aromatic nitrogens is 1. The summed E-state index contributed by atoms with van der Waals surface area (Å²) in [6.45, 7) is 8.97. The maximum Gasteiger partial charge on any atom is 0.247 e. The molecule has 0 N–H and O–H groups in total. The molecule has 1 aromatic heterocycles. The van der Waals surface area contributed by atoms with Crippen molar-refractivity contribution in [2.75, 3.05) is 25.0 Å². The number of aryl methyl sites for hydroxylation is 1. The van der Waals surface area contributed by atoms with E-state index < -0.39 is 16.1 Å². The van der Waals surface area contributed by atoms with Gasteiger partial charge in [0.1, 0.15) is 16.8 Å². The van der Waals surface area contributed by atoms with Gasteiger partial charge in [-0.1, -0.05) is 19.3 Å². The van der Waals surface area contributed by atoms with Gasteiger partial charge in [-0.25, -0.2) is 13.4 Å². The molecule has 1 aliphatic carbocycles. The van der Waals surface area contributed by atoms with Crippen LogP contribution in [0.5, 0.6) is 0 Å². The Morgan fingerprint density at radius 1 is 1.16 bits per heavy atom. The Kier molecular flexibility index (Phi) is 7.63. The van der Waals surface area contributed by atoms with E-state index in [-0.39, 0.29) is 22.9 Å². The summed E-state index contributed by atoms with van der Waals surface area (Å²) < 4.78 is 29.1. The molecule has 0 bridgehead atoms. The molecule has 3 rings (SSSR count). The third-order valence-corrected chi connectivity index (χ3v) is 8.69. The second kappa shape index (κ2) is 9.86. The molecule has 174 valence electrons. The Morgan fingerprint density at radius 2 is 1.84 bits per heavy atom. The summed E-state index contributed by atoms with van der Waals surface area (Å²) in [5.41, 5.74) is 0.777. The molecule has 7 nitrogen and oxygen atoms in total. The highest BCUT2D eigenvalue weighted by Crippen LogP contribution is 2.33. The lowest BCUT2D eigenvalue weighted by molar-refractivity contribution is -0.136. The average Bonchev–Trinajstić information content (AvgIpc) is 3.24. The molecule has 1 aliphatic heterocycles. The van der Waals surface area contributed by atoms with Crippen LogP contribution in [0, 0.1) is 6.92 Å². The third kappa shape index (κ3) is 4.90. The van der Waals surface area contributed by atoms with Crippen LogP contribution in [-0.4, -0.2) is 66.8 Å². The van der Waals surface area contributed by atoms with Crippen LogP contribution >= 0.6 is 0 Å². The maximum absolute atomic E-state index is 13.8. The van der Waals surface area contributed by atoms with Gasteiger partial charge in [-0.05, 0) is 65.5 Å². The Hall–Kier alpha value is -1.67. The van der Waals surface area contributed by atoms with Gasteiger partial charge >= 0.3 is 0 Å². The van der Waals surface area contributed by atoms with Crippen LogP contribution in [0.1, 0.15) is 71.4 Å². The van der Waals surface area contributed by atoms with Gasteiger partial charge in [-0.15, -0.1) is 0 Å². The minimum absolute atomic E-state index is 0.0641. The fraction of sp³-hybridized carbons (Fsp3) is 0.739. The van der Waals surface area contributed by atoms with Crippen LogP contribution in [0.25, 0.3) is 0 Å². The van der Waals surface area contributed by atoms with Crippen LogP contribution in [-0.2, 0) is 14.8 Å². The molecule has 1 amide bonds. The molecule has 2 heterocycles. The van der Waals surface area contributed by atoms with Crippen molar-refractivity contribution in [3.05, 3.63) is 17.8 Å². The largest absolute Gasteiger partial charge is 0.353 e. The highest BCUT2D eigenvalue weighted by atomic mass is 32.2. The number of carbonyl (C=O) groups excluding carboxylic acids is 1. The molecule has 31 heavy (non-hydrogen) atoms. The fourth-order valence-corrected chi connectivity index (χ4v) is 6.77. The number of hydrogen-bond donors (Lipinski definition) is 0. The average molecular weight is 451 g/mol. The lowest BCUT2D eigenvalue weighted by atomic mass is 9.94. The van der Waals surface area contributed by atoms with Gasteiger partial charge in [0.05, 0.1) is 0 Å². The summed E-state index contributed by atoms with van der Waals surface area (Å²) in [6, 6.07) is 3.11. The third-order valence-electron chi connectivity index (χ3n) is 6.76. The van der Waals surface area contributed by atoms with Crippen molar-refractivity contribution in [1.29, 1.82) is 0 Å². The van der Waals surface area contributed by atoms with Gasteiger partial charge < -0.3 is 9.80 Å². The fourth-order valence-electron chi connectivity index (χ4n) is 4.98. The van der Waals surface area contributed by atoms with Crippen LogP contribution in [0.3, 0.4) is 0 Å². The molecule has 0 radical (unpaired) electrons. The number of rotatable bonds is 7. The van der Waals surface area contributed by atoms with E-state index in [0.29, 0.717) is 31.7 Å². The van der Waals surface area contributed by atoms with E-state index in [1.165, 1.54) is 10.7 Å². The first-order chi connectivity index (χ1) is 14.7. The Balaban J connectivity index is 1.93. The van der Waals surface area contributed by atoms with E-state index in [4.69, 9.17) is 0 Å². The Morgan fingerprint density at radius 3 is 2.45 bits per heavy atom. The van der Waals surface area contributed by atoms with E-state index in [1.807, 2.05) is 44.5 Å². The van der Waals surface area contributed by atoms with Crippen molar-refractivity contribution in [2.24, 2.45) is 0 Å². The summed E-state index contributed by atoms with van der Waals surface area (Å²) in [5, 5.41) is 0. The molecule has 0 unspecified atom stereocenters. The van der Waals surface area contributed by atoms with Crippen molar-refractivity contribution in [2.45, 2.75) is 95.7 Å². The van der Waals surface area contributed by atoms with Crippen molar-refractivity contribution >= 4 is 21.7 Å². The lowest BCUT2D eigenvalue weighted by Crippen LogP contribution is -2.50. The van der Waals surface area contributed by atoms with Crippen molar-refractivity contribution in [3.63, 3.8) is 0 Å². The summed E-state index contributed by atoms with van der Waals surface area (Å²) in [4.78, 5) is 22.0. The molecule has 0 aromatic carbocycles.